The van der Waals surface area contributed by atoms with Crippen LogP contribution in [-0.2, 0) is 6.42 Å². The number of benzene rings is 2. The number of nitrogens with one attached hydrogen (secondary N) is 1. The highest BCUT2D eigenvalue weighted by atomic mass is 79.9. The van der Waals surface area contributed by atoms with Crippen LogP contribution in [0.3, 0.4) is 0 Å². The molecule has 0 aliphatic heterocycles. The molecule has 0 amide bonds. The summed E-state index contributed by atoms with van der Waals surface area (Å²) in [6, 6.07) is 17.0. The Morgan fingerprint density at radius 3 is 2.55 bits per heavy atom. The summed E-state index contributed by atoms with van der Waals surface area (Å²) in [6.45, 7) is 3.08. The zero-order chi connectivity index (χ0) is 14.4. The fourth-order valence-electron chi connectivity index (χ4n) is 2.37. The SMILES string of the molecule is CCNC(CCc1ccccc1)c1cc(Cl)cc(Br)c1. The van der Waals surface area contributed by atoms with Crippen LogP contribution >= 0.6 is 27.5 Å². The third-order valence-corrected chi connectivity index (χ3v) is 3.98. The summed E-state index contributed by atoms with van der Waals surface area (Å²) in [5.41, 5.74) is 2.61. The normalized spacial score (nSPS) is 12.3. The standard InChI is InChI=1S/C17H19BrClN/c1-2-20-17(9-8-13-6-4-3-5-7-13)14-10-15(18)12-16(19)11-14/h3-7,10-12,17,20H,2,8-9H2,1H3. The molecule has 0 aromatic heterocycles. The van der Waals surface area contributed by atoms with Crippen molar-refractivity contribution in [2.45, 2.75) is 25.8 Å². The van der Waals surface area contributed by atoms with Crippen LogP contribution in [0.4, 0.5) is 0 Å². The Balaban J connectivity index is 2.10. The van der Waals surface area contributed by atoms with E-state index >= 15 is 0 Å². The predicted molar refractivity (Wildman–Crippen MR) is 90.3 cm³/mol. The first-order valence-electron chi connectivity index (χ1n) is 6.92. The molecule has 0 radical (unpaired) electrons. The number of rotatable bonds is 6. The quantitative estimate of drug-likeness (QED) is 0.735. The molecule has 0 saturated heterocycles. The largest absolute Gasteiger partial charge is 0.310 e. The zero-order valence-corrected chi connectivity index (χ0v) is 13.9. The van der Waals surface area contributed by atoms with Gasteiger partial charge in [-0.1, -0.05) is 64.8 Å². The monoisotopic (exact) mass is 351 g/mol. The highest BCUT2D eigenvalue weighted by molar-refractivity contribution is 9.10. The molecule has 0 saturated carbocycles. The van der Waals surface area contributed by atoms with Crippen LogP contribution in [0.15, 0.2) is 53.0 Å². The molecule has 1 nitrogen and oxygen atoms in total. The lowest BCUT2D eigenvalue weighted by atomic mass is 9.99. The second-order valence-corrected chi connectivity index (χ2v) is 6.19. The molecule has 0 aliphatic rings. The average molecular weight is 353 g/mol. The van der Waals surface area contributed by atoms with Crippen molar-refractivity contribution in [1.29, 1.82) is 0 Å². The molecule has 1 atom stereocenters. The number of hydrogen-bond acceptors (Lipinski definition) is 1. The van der Waals surface area contributed by atoms with Crippen LogP contribution in [-0.4, -0.2) is 6.54 Å². The molecule has 0 bridgehead atoms. The summed E-state index contributed by atoms with van der Waals surface area (Å²) in [6.07, 6.45) is 2.12. The van der Waals surface area contributed by atoms with Gasteiger partial charge in [-0.3, -0.25) is 0 Å². The minimum Gasteiger partial charge on any atom is -0.310 e. The highest BCUT2D eigenvalue weighted by Gasteiger charge is 2.11. The van der Waals surface area contributed by atoms with E-state index in [9.17, 15) is 0 Å². The topological polar surface area (TPSA) is 12.0 Å². The van der Waals surface area contributed by atoms with Crippen molar-refractivity contribution in [2.75, 3.05) is 6.54 Å². The summed E-state index contributed by atoms with van der Waals surface area (Å²) < 4.78 is 1.03. The van der Waals surface area contributed by atoms with Crippen LogP contribution in [0.1, 0.15) is 30.5 Å². The maximum atomic E-state index is 6.15. The minimum absolute atomic E-state index is 0.329. The van der Waals surface area contributed by atoms with Crippen LogP contribution < -0.4 is 5.32 Å². The van der Waals surface area contributed by atoms with Crippen molar-refractivity contribution in [2.24, 2.45) is 0 Å². The second kappa shape index (κ2) is 7.82. The fourth-order valence-corrected chi connectivity index (χ4v) is 3.25. The van der Waals surface area contributed by atoms with Crippen molar-refractivity contribution in [1.82, 2.24) is 5.32 Å². The summed E-state index contributed by atoms with van der Waals surface area (Å²) in [7, 11) is 0. The van der Waals surface area contributed by atoms with E-state index in [-0.39, 0.29) is 0 Å². The molecule has 0 aliphatic carbocycles. The molecule has 20 heavy (non-hydrogen) atoms. The molecule has 2 aromatic rings. The van der Waals surface area contributed by atoms with Gasteiger partial charge in [-0.2, -0.15) is 0 Å². The molecule has 2 aromatic carbocycles. The molecule has 1 unspecified atom stereocenters. The third kappa shape index (κ3) is 4.62. The predicted octanol–water partition coefficient (Wildman–Crippen LogP) is 5.39. The highest BCUT2D eigenvalue weighted by Crippen LogP contribution is 2.26. The second-order valence-electron chi connectivity index (χ2n) is 4.84. The van der Waals surface area contributed by atoms with Gasteiger partial charge in [0.2, 0.25) is 0 Å². The molecular formula is C17H19BrClN. The van der Waals surface area contributed by atoms with Gasteiger partial charge in [0.25, 0.3) is 0 Å². The Morgan fingerprint density at radius 1 is 1.15 bits per heavy atom. The van der Waals surface area contributed by atoms with E-state index < -0.39 is 0 Å². The summed E-state index contributed by atoms with van der Waals surface area (Å²) in [5.74, 6) is 0. The van der Waals surface area contributed by atoms with Crippen LogP contribution in [0.25, 0.3) is 0 Å². The summed E-state index contributed by atoms with van der Waals surface area (Å²) in [4.78, 5) is 0. The fraction of sp³-hybridized carbons (Fsp3) is 0.294. The van der Waals surface area contributed by atoms with Crippen molar-refractivity contribution in [3.05, 3.63) is 69.2 Å². The molecule has 106 valence electrons. The van der Waals surface area contributed by atoms with Crippen LogP contribution in [0.2, 0.25) is 5.02 Å². The number of halogens is 2. The summed E-state index contributed by atoms with van der Waals surface area (Å²) >= 11 is 9.67. The van der Waals surface area contributed by atoms with Gasteiger partial charge in [-0.05, 0) is 48.7 Å². The van der Waals surface area contributed by atoms with Gasteiger partial charge in [0.15, 0.2) is 0 Å². The van der Waals surface area contributed by atoms with Crippen molar-refractivity contribution in [3.8, 4) is 0 Å². The minimum atomic E-state index is 0.329. The van der Waals surface area contributed by atoms with E-state index in [1.54, 1.807) is 0 Å². The zero-order valence-electron chi connectivity index (χ0n) is 11.6. The molecule has 3 heteroatoms. The van der Waals surface area contributed by atoms with E-state index in [1.807, 2.05) is 12.1 Å². The van der Waals surface area contributed by atoms with E-state index in [1.165, 1.54) is 11.1 Å². The van der Waals surface area contributed by atoms with Crippen molar-refractivity contribution in [3.63, 3.8) is 0 Å². The van der Waals surface area contributed by atoms with E-state index in [2.05, 4.69) is 64.6 Å². The Hall–Kier alpha value is -0.830. The maximum absolute atomic E-state index is 6.15. The Kier molecular flexibility index (Phi) is 6.08. The van der Waals surface area contributed by atoms with Gasteiger partial charge in [0.05, 0.1) is 0 Å². The molecule has 1 N–H and O–H groups in total. The van der Waals surface area contributed by atoms with E-state index in [4.69, 9.17) is 11.6 Å². The van der Waals surface area contributed by atoms with Crippen molar-refractivity contribution >= 4 is 27.5 Å². The molecular weight excluding hydrogens is 334 g/mol. The lowest BCUT2D eigenvalue weighted by molar-refractivity contribution is 0.515. The number of hydrogen-bond donors (Lipinski definition) is 1. The van der Waals surface area contributed by atoms with Crippen LogP contribution in [0.5, 0.6) is 0 Å². The summed E-state index contributed by atoms with van der Waals surface area (Å²) in [5, 5.41) is 4.32. The van der Waals surface area contributed by atoms with Gasteiger partial charge in [-0.25, -0.2) is 0 Å². The lowest BCUT2D eigenvalue weighted by Gasteiger charge is -2.19. The van der Waals surface area contributed by atoms with Gasteiger partial charge < -0.3 is 5.32 Å². The first-order chi connectivity index (χ1) is 9.69. The van der Waals surface area contributed by atoms with E-state index in [0.29, 0.717) is 6.04 Å². The Bertz CT molecular complexity index is 522. The Morgan fingerprint density at radius 2 is 1.90 bits per heavy atom. The average Bonchev–Trinajstić information content (AvgIpc) is 2.43. The van der Waals surface area contributed by atoms with E-state index in [0.717, 1.165) is 28.9 Å². The van der Waals surface area contributed by atoms with Gasteiger partial charge in [-0.15, -0.1) is 0 Å². The van der Waals surface area contributed by atoms with Crippen molar-refractivity contribution < 1.29 is 0 Å². The molecule has 2 rings (SSSR count). The maximum Gasteiger partial charge on any atom is 0.0420 e. The lowest BCUT2D eigenvalue weighted by Crippen LogP contribution is -2.21. The molecule has 0 fully saturated rings. The smallest absolute Gasteiger partial charge is 0.0420 e. The first kappa shape index (κ1) is 15.6. The first-order valence-corrected chi connectivity index (χ1v) is 8.09. The third-order valence-electron chi connectivity index (χ3n) is 3.30. The Labute approximate surface area is 134 Å². The van der Waals surface area contributed by atoms with Gasteiger partial charge in [0.1, 0.15) is 0 Å². The number of aryl methyl sites for hydroxylation is 1. The van der Waals surface area contributed by atoms with Crippen LogP contribution in [0, 0.1) is 0 Å². The molecule has 0 heterocycles. The van der Waals surface area contributed by atoms with Gasteiger partial charge >= 0.3 is 0 Å². The van der Waals surface area contributed by atoms with Gasteiger partial charge in [0, 0.05) is 15.5 Å². The molecule has 0 spiro atoms.